The Morgan fingerprint density at radius 3 is 2.03 bits per heavy atom. The average molecular weight is 1020 g/mol. The molecular weight excluding hydrogens is 936 g/mol. The first-order chi connectivity index (χ1) is 33.1. The highest BCUT2D eigenvalue weighted by Crippen LogP contribution is 2.60. The lowest BCUT2D eigenvalue weighted by Gasteiger charge is -2.21. The summed E-state index contributed by atoms with van der Waals surface area (Å²) in [4.78, 5) is 61.8. The standard InChI is InChI=1S/C48H81N3O16P2/c1-3-5-7-9-11-12-13-14-15-16-21-25-29-33-44(54)65-40(36-62-43(53)32-28-24-20-18-17-19-23-27-31-39(52)30-26-22-10-8-6-4-2)37-63-68(58,59)67-69(60,61)64-38-41-45(55)46(56)47(66-41)51-35-34-42(49)50-48(51)57/h18-20,22-23,26-27,31,34-35,39-41,45-47,52,55-56H,3-17,21,24-25,28-30,32-33,36-38H2,1-2H3,(H,58,59)(H,60,61)(H2,49,50,57)/b20-18-,23-19-,26-22-,31-27+/t39-,40-,41-,45-,46-,47-/m1/s1. The Bertz CT molecular complexity index is 1860. The molecule has 0 spiro atoms. The van der Waals surface area contributed by atoms with Gasteiger partial charge in [-0.1, -0.05) is 152 Å². The van der Waals surface area contributed by atoms with Crippen LogP contribution in [0.25, 0.3) is 0 Å². The van der Waals surface area contributed by atoms with Gasteiger partial charge >= 0.3 is 33.3 Å². The molecule has 0 bridgehead atoms. The van der Waals surface area contributed by atoms with Crippen LogP contribution >= 0.6 is 15.6 Å². The largest absolute Gasteiger partial charge is 0.481 e. The molecule has 394 valence electrons. The monoisotopic (exact) mass is 1020 g/mol. The Balaban J connectivity index is 1.85. The van der Waals surface area contributed by atoms with E-state index >= 15 is 0 Å². The van der Waals surface area contributed by atoms with E-state index in [1.807, 2.05) is 30.4 Å². The number of hydrogen-bond acceptors (Lipinski definition) is 16. The van der Waals surface area contributed by atoms with Crippen molar-refractivity contribution in [2.75, 3.05) is 25.6 Å². The highest BCUT2D eigenvalue weighted by molar-refractivity contribution is 7.61. The van der Waals surface area contributed by atoms with Gasteiger partial charge in [-0.2, -0.15) is 9.29 Å². The number of anilines is 1. The first kappa shape index (κ1) is 61.8. The zero-order chi connectivity index (χ0) is 50.8. The summed E-state index contributed by atoms with van der Waals surface area (Å²) in [6, 6.07) is 1.24. The number of hydrogen-bond donors (Lipinski definition) is 6. The number of carbonyl (C=O) groups is 2. The molecule has 1 fully saturated rings. The number of allylic oxidation sites excluding steroid dienone is 6. The number of phosphoric acid groups is 2. The summed E-state index contributed by atoms with van der Waals surface area (Å²) in [5.41, 5.74) is 4.57. The van der Waals surface area contributed by atoms with E-state index in [4.69, 9.17) is 29.0 Å². The molecule has 1 aliphatic rings. The van der Waals surface area contributed by atoms with E-state index < -0.39 is 89.8 Å². The van der Waals surface area contributed by atoms with Crippen LogP contribution in [-0.4, -0.2) is 96.9 Å². The molecule has 21 heteroatoms. The van der Waals surface area contributed by atoms with Crippen LogP contribution in [0.4, 0.5) is 5.82 Å². The third kappa shape index (κ3) is 29.6. The first-order valence-electron chi connectivity index (χ1n) is 24.8. The molecule has 0 saturated carbocycles. The Labute approximate surface area is 408 Å². The number of ether oxygens (including phenoxy) is 3. The Hall–Kier alpha value is -3.32. The van der Waals surface area contributed by atoms with E-state index in [0.717, 1.165) is 49.3 Å². The van der Waals surface area contributed by atoms with Crippen LogP contribution in [0.1, 0.15) is 168 Å². The first-order valence-corrected chi connectivity index (χ1v) is 27.7. The van der Waals surface area contributed by atoms with Crippen LogP contribution in [0.15, 0.2) is 65.7 Å². The highest BCUT2D eigenvalue weighted by atomic mass is 31.3. The maximum Gasteiger partial charge on any atom is 0.481 e. The van der Waals surface area contributed by atoms with E-state index in [0.29, 0.717) is 32.1 Å². The van der Waals surface area contributed by atoms with Crippen molar-refractivity contribution in [2.24, 2.45) is 0 Å². The molecule has 1 aromatic rings. The molecule has 2 rings (SSSR count). The normalized spacial score (nSPS) is 20.2. The second-order valence-corrected chi connectivity index (χ2v) is 20.2. The van der Waals surface area contributed by atoms with Crippen LogP contribution in [0, 0.1) is 0 Å². The third-order valence-corrected chi connectivity index (χ3v) is 13.6. The molecule has 69 heavy (non-hydrogen) atoms. The number of unbranched alkanes of at least 4 members (excludes halogenated alkanes) is 16. The van der Waals surface area contributed by atoms with Crippen molar-refractivity contribution in [3.63, 3.8) is 0 Å². The lowest BCUT2D eigenvalue weighted by Crippen LogP contribution is -2.36. The molecular formula is C48H81N3O16P2. The van der Waals surface area contributed by atoms with Gasteiger partial charge in [-0.25, -0.2) is 13.9 Å². The molecule has 0 aromatic carbocycles. The van der Waals surface area contributed by atoms with Crippen LogP contribution in [0.3, 0.4) is 0 Å². The second kappa shape index (κ2) is 36.6. The molecule has 19 nitrogen and oxygen atoms in total. The number of rotatable bonds is 40. The van der Waals surface area contributed by atoms with Gasteiger partial charge in [-0.15, -0.1) is 0 Å². The van der Waals surface area contributed by atoms with Gasteiger partial charge in [-0.05, 0) is 51.0 Å². The number of aromatic nitrogens is 2. The number of nitrogens with zero attached hydrogens (tertiary/aromatic N) is 2. The zero-order valence-corrected chi connectivity index (χ0v) is 42.5. The fourth-order valence-electron chi connectivity index (χ4n) is 7.10. The third-order valence-electron chi connectivity index (χ3n) is 11.0. The molecule has 2 heterocycles. The maximum absolute atomic E-state index is 12.8. The molecule has 1 aliphatic heterocycles. The topological polar surface area (TPSA) is 286 Å². The van der Waals surface area contributed by atoms with E-state index in [1.54, 1.807) is 12.2 Å². The summed E-state index contributed by atoms with van der Waals surface area (Å²) in [6.07, 6.45) is 29.4. The summed E-state index contributed by atoms with van der Waals surface area (Å²) >= 11 is 0. The quantitative estimate of drug-likeness (QED) is 0.0118. The van der Waals surface area contributed by atoms with Gasteiger partial charge in [-0.3, -0.25) is 23.2 Å². The van der Waals surface area contributed by atoms with Crippen molar-refractivity contribution in [1.29, 1.82) is 0 Å². The van der Waals surface area contributed by atoms with Crippen molar-refractivity contribution in [1.82, 2.24) is 9.55 Å². The molecule has 7 N–H and O–H groups in total. The predicted octanol–water partition coefficient (Wildman–Crippen LogP) is 8.75. The van der Waals surface area contributed by atoms with Crippen molar-refractivity contribution in [3.05, 3.63) is 71.4 Å². The van der Waals surface area contributed by atoms with Gasteiger partial charge in [0.2, 0.25) is 0 Å². The Morgan fingerprint density at radius 2 is 1.36 bits per heavy atom. The molecule has 0 radical (unpaired) electrons. The van der Waals surface area contributed by atoms with E-state index in [9.17, 15) is 48.6 Å². The van der Waals surface area contributed by atoms with Gasteiger partial charge in [0.05, 0.1) is 19.3 Å². The van der Waals surface area contributed by atoms with E-state index in [1.165, 1.54) is 70.3 Å². The van der Waals surface area contributed by atoms with Crippen molar-refractivity contribution >= 4 is 33.4 Å². The number of carbonyl (C=O) groups excluding carboxylic acids is 2. The molecule has 0 amide bonds. The van der Waals surface area contributed by atoms with Crippen molar-refractivity contribution in [3.8, 4) is 0 Å². The molecule has 1 aromatic heterocycles. The second-order valence-electron chi connectivity index (χ2n) is 17.2. The molecule has 1 saturated heterocycles. The SMILES string of the molecule is CCCCC/C=C\C[C@@H](O)/C=C/C=C\C/C=C\CCCC(=O)OC[C@H](COP(=O)(O)OP(=O)(O)OC[C@H]1O[C@@H](n2ccc(N)nc2=O)[C@H](O)[C@@H]1O)OC(=O)CCCCCCCCCCCCCCC. The van der Waals surface area contributed by atoms with E-state index in [2.05, 4.69) is 29.2 Å². The minimum atomic E-state index is -5.44. The summed E-state index contributed by atoms with van der Waals surface area (Å²) < 4.78 is 56.6. The predicted molar refractivity (Wildman–Crippen MR) is 262 cm³/mol. The summed E-state index contributed by atoms with van der Waals surface area (Å²) in [5.74, 6) is -1.40. The number of phosphoric ester groups is 2. The molecule has 0 aliphatic carbocycles. The number of aliphatic hydroxyl groups excluding tert-OH is 3. The van der Waals surface area contributed by atoms with Crippen LogP contribution in [-0.2, 0) is 46.3 Å². The van der Waals surface area contributed by atoms with Crippen LogP contribution in [0.2, 0.25) is 0 Å². The van der Waals surface area contributed by atoms with E-state index in [-0.39, 0.29) is 18.7 Å². The fourth-order valence-corrected chi connectivity index (χ4v) is 9.21. The molecule has 2 unspecified atom stereocenters. The summed E-state index contributed by atoms with van der Waals surface area (Å²) in [5, 5.41) is 31.0. The number of esters is 2. The number of aliphatic hydroxyl groups is 3. The van der Waals surface area contributed by atoms with Gasteiger partial charge < -0.3 is 45.1 Å². The fraction of sp³-hybridized carbons (Fsp3) is 0.708. The minimum Gasteiger partial charge on any atom is -0.462 e. The minimum absolute atomic E-state index is 0.0196. The summed E-state index contributed by atoms with van der Waals surface area (Å²) in [7, 11) is -10.9. The highest BCUT2D eigenvalue weighted by Gasteiger charge is 2.46. The lowest BCUT2D eigenvalue weighted by atomic mass is 10.0. The van der Waals surface area contributed by atoms with Gasteiger partial charge in [0.25, 0.3) is 0 Å². The van der Waals surface area contributed by atoms with Gasteiger partial charge in [0.15, 0.2) is 12.3 Å². The smallest absolute Gasteiger partial charge is 0.462 e. The average Bonchev–Trinajstić information content (AvgIpc) is 3.58. The Morgan fingerprint density at radius 1 is 0.768 bits per heavy atom. The van der Waals surface area contributed by atoms with Crippen LogP contribution < -0.4 is 11.4 Å². The van der Waals surface area contributed by atoms with Crippen LogP contribution in [0.5, 0.6) is 0 Å². The Kier molecular flexibility index (Phi) is 32.8. The van der Waals surface area contributed by atoms with Crippen molar-refractivity contribution < 1.29 is 71.4 Å². The number of nitrogen functional groups attached to an aromatic ring is 1. The maximum atomic E-state index is 12.8. The zero-order valence-electron chi connectivity index (χ0n) is 40.7. The van der Waals surface area contributed by atoms with Gasteiger partial charge in [0, 0.05) is 19.0 Å². The number of nitrogens with two attached hydrogens (primary N) is 1. The summed E-state index contributed by atoms with van der Waals surface area (Å²) in [6.45, 7) is 1.98. The molecule has 8 atom stereocenters. The van der Waals surface area contributed by atoms with Crippen molar-refractivity contribution in [2.45, 2.75) is 198 Å². The lowest BCUT2D eigenvalue weighted by molar-refractivity contribution is -0.161. The van der Waals surface area contributed by atoms with Gasteiger partial charge in [0.1, 0.15) is 30.7 Å².